The maximum absolute atomic E-state index is 11.6. The first kappa shape index (κ1) is 19.2. The summed E-state index contributed by atoms with van der Waals surface area (Å²) in [5, 5.41) is 9.55. The fourth-order valence-electron chi connectivity index (χ4n) is 6.85. The molecular weight excluding hydrogens is 372 g/mol. The minimum Gasteiger partial charge on any atom is -0.497 e. The molecule has 1 unspecified atom stereocenters. The van der Waals surface area contributed by atoms with Crippen molar-refractivity contribution in [1.82, 2.24) is 0 Å². The van der Waals surface area contributed by atoms with Crippen molar-refractivity contribution in [3.63, 3.8) is 0 Å². The van der Waals surface area contributed by atoms with Gasteiger partial charge in [-0.2, -0.15) is 0 Å². The summed E-state index contributed by atoms with van der Waals surface area (Å²) in [5.74, 6) is 9.44. The van der Waals surface area contributed by atoms with E-state index >= 15 is 0 Å². The Hall–Kier alpha value is -2.73. The lowest BCUT2D eigenvalue weighted by Crippen LogP contribution is -2.48. The zero-order valence-electron chi connectivity index (χ0n) is 17.4. The molecule has 4 aliphatic carbocycles. The predicted octanol–water partition coefficient (Wildman–Crippen LogP) is 5.75. The molecule has 3 nitrogen and oxygen atoms in total. The molecule has 30 heavy (non-hydrogen) atoms. The highest BCUT2D eigenvalue weighted by Gasteiger charge is 2.54. The fourth-order valence-corrected chi connectivity index (χ4v) is 6.85. The van der Waals surface area contributed by atoms with Crippen LogP contribution in [-0.2, 0) is 0 Å². The van der Waals surface area contributed by atoms with E-state index in [-0.39, 0.29) is 16.9 Å². The van der Waals surface area contributed by atoms with Crippen LogP contribution >= 0.6 is 0 Å². The van der Waals surface area contributed by atoms with Gasteiger partial charge in [0.15, 0.2) is 0 Å². The molecule has 0 aromatic heterocycles. The van der Waals surface area contributed by atoms with E-state index in [1.165, 1.54) is 44.1 Å². The third-order valence-electron chi connectivity index (χ3n) is 7.66. The lowest BCUT2D eigenvalue weighted by Gasteiger charge is -2.58. The molecule has 0 heterocycles. The van der Waals surface area contributed by atoms with Crippen molar-refractivity contribution >= 4 is 5.97 Å². The van der Waals surface area contributed by atoms with Crippen molar-refractivity contribution in [1.29, 1.82) is 0 Å². The predicted molar refractivity (Wildman–Crippen MR) is 117 cm³/mol. The summed E-state index contributed by atoms with van der Waals surface area (Å²) in [5.41, 5.74) is 2.34. The van der Waals surface area contributed by atoms with Crippen LogP contribution in [0.5, 0.6) is 5.75 Å². The van der Waals surface area contributed by atoms with Crippen LogP contribution in [-0.4, -0.2) is 18.2 Å². The van der Waals surface area contributed by atoms with Gasteiger partial charge in [0, 0.05) is 5.56 Å². The first-order valence-electron chi connectivity index (χ1n) is 11.0. The number of aromatic carboxylic acids is 1. The molecule has 4 fully saturated rings. The summed E-state index contributed by atoms with van der Waals surface area (Å²) in [6, 6.07) is 15.4. The number of benzene rings is 2. The van der Waals surface area contributed by atoms with E-state index in [2.05, 4.69) is 24.0 Å². The molecule has 154 valence electrons. The standard InChI is InChI=1S/C27H28O3/c1-30-23-9-6-22(7-10-23)25(11-8-21-4-2-3-5-24(21)26(28)29)27-15-18-12-19(16-27)14-20(13-18)17-27/h2-7,9-10,18-20,25H,12-17H2,1H3,(H,28,29). The number of hydrogen-bond acceptors (Lipinski definition) is 2. The molecule has 0 spiro atoms. The highest BCUT2D eigenvalue weighted by molar-refractivity contribution is 5.90. The van der Waals surface area contributed by atoms with E-state index in [1.54, 1.807) is 19.2 Å². The van der Waals surface area contributed by atoms with Crippen molar-refractivity contribution in [3.05, 3.63) is 65.2 Å². The van der Waals surface area contributed by atoms with Gasteiger partial charge >= 0.3 is 5.97 Å². The van der Waals surface area contributed by atoms with Crippen LogP contribution in [0.1, 0.15) is 65.9 Å². The second-order valence-electron chi connectivity index (χ2n) is 9.61. The van der Waals surface area contributed by atoms with Crippen LogP contribution < -0.4 is 4.74 Å². The molecule has 3 heteroatoms. The summed E-state index contributed by atoms with van der Waals surface area (Å²) in [6.07, 6.45) is 7.94. The largest absolute Gasteiger partial charge is 0.497 e. The minimum atomic E-state index is -0.921. The molecule has 4 bridgehead atoms. The Kier molecular flexibility index (Phi) is 4.82. The van der Waals surface area contributed by atoms with Gasteiger partial charge in [-0.3, -0.25) is 0 Å². The van der Waals surface area contributed by atoms with Gasteiger partial charge in [0.05, 0.1) is 18.6 Å². The third kappa shape index (κ3) is 3.39. The minimum absolute atomic E-state index is 0.124. The van der Waals surface area contributed by atoms with E-state index in [1.807, 2.05) is 24.3 Å². The first-order valence-corrected chi connectivity index (χ1v) is 11.0. The number of ether oxygens (including phenoxy) is 1. The molecule has 0 saturated heterocycles. The van der Waals surface area contributed by atoms with Crippen LogP contribution in [0, 0.1) is 35.0 Å². The molecule has 4 saturated carbocycles. The van der Waals surface area contributed by atoms with Crippen LogP contribution in [0.15, 0.2) is 48.5 Å². The van der Waals surface area contributed by atoms with Gasteiger partial charge in [-0.05, 0) is 91.5 Å². The average molecular weight is 401 g/mol. The van der Waals surface area contributed by atoms with E-state index in [4.69, 9.17) is 4.74 Å². The quantitative estimate of drug-likeness (QED) is 0.665. The molecule has 0 radical (unpaired) electrons. The number of carboxylic acids is 1. The number of hydrogen-bond donors (Lipinski definition) is 1. The Labute approximate surface area is 178 Å². The Balaban J connectivity index is 1.57. The molecule has 1 N–H and O–H groups in total. The SMILES string of the molecule is COc1ccc(C(C#Cc2ccccc2C(=O)O)C23CC4CC(CC(C4)C2)C3)cc1. The summed E-state index contributed by atoms with van der Waals surface area (Å²) in [6.45, 7) is 0. The van der Waals surface area contributed by atoms with E-state index < -0.39 is 5.97 Å². The molecule has 4 aliphatic rings. The van der Waals surface area contributed by atoms with Crippen molar-refractivity contribution < 1.29 is 14.6 Å². The third-order valence-corrected chi connectivity index (χ3v) is 7.66. The Bertz CT molecular complexity index is 973. The summed E-state index contributed by atoms with van der Waals surface area (Å²) < 4.78 is 5.37. The van der Waals surface area contributed by atoms with Crippen molar-refractivity contribution in [2.24, 2.45) is 23.2 Å². The Morgan fingerprint density at radius 2 is 1.60 bits per heavy atom. The molecule has 2 aromatic carbocycles. The number of carboxylic acid groups (broad SMARTS) is 1. The summed E-state index contributed by atoms with van der Waals surface area (Å²) in [7, 11) is 1.69. The molecule has 6 rings (SSSR count). The second-order valence-corrected chi connectivity index (χ2v) is 9.61. The lowest BCUT2D eigenvalue weighted by molar-refractivity contribution is -0.0591. The average Bonchev–Trinajstić information content (AvgIpc) is 2.73. The number of rotatable bonds is 4. The van der Waals surface area contributed by atoms with Crippen LogP contribution in [0.2, 0.25) is 0 Å². The van der Waals surface area contributed by atoms with Crippen LogP contribution in [0.25, 0.3) is 0 Å². The van der Waals surface area contributed by atoms with Gasteiger partial charge < -0.3 is 9.84 Å². The van der Waals surface area contributed by atoms with E-state index in [9.17, 15) is 9.90 Å². The normalized spacial score (nSPS) is 29.7. The number of methoxy groups -OCH3 is 1. The van der Waals surface area contributed by atoms with Gasteiger partial charge in [-0.1, -0.05) is 36.1 Å². The molecule has 2 aromatic rings. The smallest absolute Gasteiger partial charge is 0.336 e. The highest BCUT2D eigenvalue weighted by Crippen LogP contribution is 2.64. The zero-order valence-corrected chi connectivity index (χ0v) is 17.4. The molecular formula is C27H28O3. The first-order chi connectivity index (χ1) is 14.6. The van der Waals surface area contributed by atoms with Gasteiger partial charge in [0.1, 0.15) is 5.75 Å². The molecule has 1 atom stereocenters. The molecule has 0 amide bonds. The highest BCUT2D eigenvalue weighted by atomic mass is 16.5. The van der Waals surface area contributed by atoms with E-state index in [0.717, 1.165) is 23.5 Å². The van der Waals surface area contributed by atoms with Gasteiger partial charge in [-0.25, -0.2) is 4.79 Å². The van der Waals surface area contributed by atoms with Crippen molar-refractivity contribution in [2.75, 3.05) is 7.11 Å². The summed E-state index contributed by atoms with van der Waals surface area (Å²) in [4.78, 5) is 11.6. The van der Waals surface area contributed by atoms with Crippen LogP contribution in [0.4, 0.5) is 0 Å². The van der Waals surface area contributed by atoms with Gasteiger partial charge in [0.25, 0.3) is 0 Å². The Morgan fingerprint density at radius 3 is 2.17 bits per heavy atom. The Morgan fingerprint density at radius 1 is 1.00 bits per heavy atom. The maximum atomic E-state index is 11.6. The lowest BCUT2D eigenvalue weighted by atomic mass is 9.46. The zero-order chi connectivity index (χ0) is 20.7. The van der Waals surface area contributed by atoms with Crippen molar-refractivity contribution in [2.45, 2.75) is 44.4 Å². The van der Waals surface area contributed by atoms with Gasteiger partial charge in [0.2, 0.25) is 0 Å². The monoisotopic (exact) mass is 400 g/mol. The van der Waals surface area contributed by atoms with Crippen molar-refractivity contribution in [3.8, 4) is 17.6 Å². The molecule has 0 aliphatic heterocycles. The second kappa shape index (κ2) is 7.51. The summed E-state index contributed by atoms with van der Waals surface area (Å²) >= 11 is 0. The topological polar surface area (TPSA) is 46.5 Å². The number of carbonyl (C=O) groups is 1. The maximum Gasteiger partial charge on any atom is 0.336 e. The van der Waals surface area contributed by atoms with E-state index in [0.29, 0.717) is 5.56 Å². The van der Waals surface area contributed by atoms with Crippen LogP contribution in [0.3, 0.4) is 0 Å². The fraction of sp³-hybridized carbons (Fsp3) is 0.444. The van der Waals surface area contributed by atoms with Gasteiger partial charge in [-0.15, -0.1) is 0 Å².